The predicted octanol–water partition coefficient (Wildman–Crippen LogP) is 14.7. The van der Waals surface area contributed by atoms with E-state index in [0.29, 0.717) is 12.8 Å². The molecule has 0 aliphatic carbocycles. The van der Waals surface area contributed by atoms with Gasteiger partial charge >= 0.3 is 11.9 Å². The Hall–Kier alpha value is -1.10. The first-order chi connectivity index (χ1) is 25.1. The van der Waals surface area contributed by atoms with Crippen molar-refractivity contribution in [2.45, 2.75) is 270 Å². The van der Waals surface area contributed by atoms with Crippen LogP contribution >= 0.6 is 0 Å². The molecule has 0 aromatic rings. The highest BCUT2D eigenvalue weighted by Gasteiger charge is 2.16. The summed E-state index contributed by atoms with van der Waals surface area (Å²) in [5.74, 6) is -0.569. The number of aliphatic hydroxyl groups excluding tert-OH is 1. The van der Waals surface area contributed by atoms with Gasteiger partial charge in [-0.05, 0) is 12.8 Å². The zero-order valence-electron chi connectivity index (χ0n) is 34.6. The van der Waals surface area contributed by atoms with Crippen LogP contribution in [-0.4, -0.2) is 36.4 Å². The first-order valence-electron chi connectivity index (χ1n) is 23.1. The van der Waals surface area contributed by atoms with Gasteiger partial charge in [0.05, 0.1) is 6.61 Å². The lowest BCUT2D eigenvalue weighted by atomic mass is 10.0. The molecule has 0 bridgehead atoms. The number of aliphatic hydroxyl groups is 1. The molecule has 0 aromatic carbocycles. The molecule has 0 fully saturated rings. The quantitative estimate of drug-likeness (QED) is 0.0501. The average Bonchev–Trinajstić information content (AvgIpc) is 3.13. The maximum atomic E-state index is 12.2. The molecule has 5 nitrogen and oxygen atoms in total. The minimum absolute atomic E-state index is 0.0563. The van der Waals surface area contributed by atoms with Crippen LogP contribution in [0.25, 0.3) is 0 Å². The number of hydrogen-bond acceptors (Lipinski definition) is 5. The molecule has 0 heterocycles. The van der Waals surface area contributed by atoms with Gasteiger partial charge in [0.1, 0.15) is 6.61 Å². The Kier molecular flexibility index (Phi) is 42.4. The van der Waals surface area contributed by atoms with Crippen molar-refractivity contribution in [3.8, 4) is 0 Å². The van der Waals surface area contributed by atoms with Crippen LogP contribution in [0, 0.1) is 0 Å². The second-order valence-corrected chi connectivity index (χ2v) is 15.9. The lowest BCUT2D eigenvalue weighted by Crippen LogP contribution is -2.28. The number of carbonyl (C=O) groups excluding carboxylic acids is 2. The molecule has 51 heavy (non-hydrogen) atoms. The maximum absolute atomic E-state index is 12.2. The smallest absolute Gasteiger partial charge is 0.306 e. The van der Waals surface area contributed by atoms with E-state index in [-0.39, 0.29) is 25.2 Å². The van der Waals surface area contributed by atoms with Crippen molar-refractivity contribution in [1.82, 2.24) is 0 Å². The fourth-order valence-electron chi connectivity index (χ4n) is 7.15. The molecule has 0 amide bonds. The minimum atomic E-state index is -0.762. The summed E-state index contributed by atoms with van der Waals surface area (Å²) < 4.78 is 10.7. The first-order valence-corrected chi connectivity index (χ1v) is 23.1. The highest BCUT2D eigenvalue weighted by atomic mass is 16.6. The van der Waals surface area contributed by atoms with Crippen molar-refractivity contribution in [2.24, 2.45) is 0 Å². The molecule has 1 atom stereocenters. The Morgan fingerprint density at radius 1 is 0.373 bits per heavy atom. The molecule has 0 aliphatic heterocycles. The Morgan fingerprint density at radius 3 is 0.863 bits per heavy atom. The van der Waals surface area contributed by atoms with Crippen LogP contribution in [0.15, 0.2) is 0 Å². The summed E-state index contributed by atoms with van der Waals surface area (Å²) in [7, 11) is 0. The van der Waals surface area contributed by atoms with Gasteiger partial charge in [-0.25, -0.2) is 0 Å². The Labute approximate surface area is 319 Å². The van der Waals surface area contributed by atoms with Gasteiger partial charge in [-0.3, -0.25) is 9.59 Å². The van der Waals surface area contributed by atoms with E-state index in [1.165, 1.54) is 205 Å². The lowest BCUT2D eigenvalue weighted by molar-refractivity contribution is -0.161. The number of esters is 2. The van der Waals surface area contributed by atoms with Crippen molar-refractivity contribution >= 4 is 11.9 Å². The highest BCUT2D eigenvalue weighted by molar-refractivity contribution is 5.70. The number of ether oxygens (including phenoxy) is 2. The van der Waals surface area contributed by atoms with Crippen molar-refractivity contribution < 1.29 is 24.2 Å². The molecular formula is C46H90O5. The minimum Gasteiger partial charge on any atom is -0.462 e. The summed E-state index contributed by atoms with van der Waals surface area (Å²) >= 11 is 0. The Morgan fingerprint density at radius 2 is 0.608 bits per heavy atom. The molecule has 1 N–H and O–H groups in total. The third-order valence-electron chi connectivity index (χ3n) is 10.7. The third kappa shape index (κ3) is 41.5. The van der Waals surface area contributed by atoms with Crippen LogP contribution in [0.4, 0.5) is 0 Å². The van der Waals surface area contributed by atoms with Gasteiger partial charge in [0.2, 0.25) is 0 Å². The summed E-state index contributed by atoms with van der Waals surface area (Å²) in [6, 6.07) is 0. The van der Waals surface area contributed by atoms with Gasteiger partial charge in [-0.1, -0.05) is 239 Å². The Bertz CT molecular complexity index is 695. The molecular weight excluding hydrogens is 633 g/mol. The summed E-state index contributed by atoms with van der Waals surface area (Å²) in [5, 5.41) is 9.59. The molecule has 0 radical (unpaired) electrons. The monoisotopic (exact) mass is 723 g/mol. The van der Waals surface area contributed by atoms with E-state index in [1.54, 1.807) is 0 Å². The topological polar surface area (TPSA) is 72.8 Å². The first kappa shape index (κ1) is 49.9. The van der Waals surface area contributed by atoms with E-state index in [9.17, 15) is 14.7 Å². The van der Waals surface area contributed by atoms with E-state index in [1.807, 2.05) is 0 Å². The van der Waals surface area contributed by atoms with Gasteiger partial charge in [-0.2, -0.15) is 0 Å². The van der Waals surface area contributed by atoms with Crippen LogP contribution in [-0.2, 0) is 19.1 Å². The van der Waals surface area contributed by atoms with E-state index in [0.717, 1.165) is 32.1 Å². The highest BCUT2D eigenvalue weighted by Crippen LogP contribution is 2.17. The largest absolute Gasteiger partial charge is 0.462 e. The Balaban J connectivity index is 3.45. The number of unbranched alkanes of at least 4 members (excludes halogenated alkanes) is 35. The summed E-state index contributed by atoms with van der Waals surface area (Å²) in [4.78, 5) is 24.4. The standard InChI is InChI=1S/C46H90O5/c1-3-5-7-9-11-13-15-17-19-21-22-23-25-27-29-31-33-35-37-39-41-46(49)51-44(42-47)43-50-45(48)40-38-36-34-32-30-28-26-24-20-18-16-14-12-10-8-6-4-2/h44,47H,3-43H2,1-2H3. The lowest BCUT2D eigenvalue weighted by Gasteiger charge is -2.15. The van der Waals surface area contributed by atoms with Crippen molar-refractivity contribution in [2.75, 3.05) is 13.2 Å². The predicted molar refractivity (Wildman–Crippen MR) is 219 cm³/mol. The zero-order chi connectivity index (χ0) is 37.1. The van der Waals surface area contributed by atoms with Gasteiger partial charge in [-0.15, -0.1) is 0 Å². The molecule has 0 spiro atoms. The second-order valence-electron chi connectivity index (χ2n) is 15.9. The number of hydrogen-bond donors (Lipinski definition) is 1. The van der Waals surface area contributed by atoms with Gasteiger partial charge in [0.25, 0.3) is 0 Å². The fourth-order valence-corrected chi connectivity index (χ4v) is 7.15. The molecule has 5 heteroatoms. The van der Waals surface area contributed by atoms with Crippen LogP contribution in [0.5, 0.6) is 0 Å². The van der Waals surface area contributed by atoms with Crippen molar-refractivity contribution in [3.05, 3.63) is 0 Å². The number of carbonyl (C=O) groups is 2. The molecule has 0 aliphatic rings. The second kappa shape index (κ2) is 43.3. The van der Waals surface area contributed by atoms with Crippen LogP contribution in [0.1, 0.15) is 264 Å². The van der Waals surface area contributed by atoms with Crippen molar-refractivity contribution in [1.29, 1.82) is 0 Å². The van der Waals surface area contributed by atoms with Crippen LogP contribution in [0.2, 0.25) is 0 Å². The molecule has 1 unspecified atom stereocenters. The number of rotatable bonds is 43. The summed E-state index contributed by atoms with van der Waals surface area (Å²) in [5.41, 5.74) is 0. The average molecular weight is 723 g/mol. The summed E-state index contributed by atoms with van der Waals surface area (Å²) in [6.07, 6.45) is 48.9. The van der Waals surface area contributed by atoms with E-state index in [2.05, 4.69) is 13.8 Å². The molecule has 0 saturated heterocycles. The zero-order valence-corrected chi connectivity index (χ0v) is 34.6. The van der Waals surface area contributed by atoms with E-state index in [4.69, 9.17) is 9.47 Å². The fraction of sp³-hybridized carbons (Fsp3) is 0.957. The molecule has 0 saturated carbocycles. The van der Waals surface area contributed by atoms with Crippen LogP contribution in [0.3, 0.4) is 0 Å². The molecule has 304 valence electrons. The van der Waals surface area contributed by atoms with Gasteiger partial charge < -0.3 is 14.6 Å². The molecule has 0 rings (SSSR count). The van der Waals surface area contributed by atoms with E-state index < -0.39 is 6.10 Å². The van der Waals surface area contributed by atoms with E-state index >= 15 is 0 Å². The van der Waals surface area contributed by atoms with Gasteiger partial charge in [0, 0.05) is 12.8 Å². The third-order valence-corrected chi connectivity index (χ3v) is 10.7. The van der Waals surface area contributed by atoms with Gasteiger partial charge in [0.15, 0.2) is 6.10 Å². The summed E-state index contributed by atoms with van der Waals surface area (Å²) in [6.45, 7) is 4.19. The molecule has 0 aromatic heterocycles. The SMILES string of the molecule is CCCCCCCCCCCCCCCCCCCCCCC(=O)OC(CO)COC(=O)CCCCCCCCCCCCCCCCCCC. The normalized spacial score (nSPS) is 12.0. The maximum Gasteiger partial charge on any atom is 0.306 e. The van der Waals surface area contributed by atoms with Crippen molar-refractivity contribution in [3.63, 3.8) is 0 Å². The van der Waals surface area contributed by atoms with Crippen LogP contribution < -0.4 is 0 Å².